The van der Waals surface area contributed by atoms with Crippen molar-refractivity contribution < 1.29 is 13.6 Å². The second-order valence-electron chi connectivity index (χ2n) is 5.25. The molecule has 0 saturated carbocycles. The van der Waals surface area contributed by atoms with Crippen molar-refractivity contribution in [2.24, 2.45) is 0 Å². The molecule has 2 aromatic carbocycles. The number of hydrogen-bond donors (Lipinski definition) is 1. The molecule has 120 valence electrons. The van der Waals surface area contributed by atoms with Crippen LogP contribution in [0.25, 0.3) is 6.08 Å². The van der Waals surface area contributed by atoms with Gasteiger partial charge >= 0.3 is 0 Å². The lowest BCUT2D eigenvalue weighted by Crippen LogP contribution is -2.27. The molecule has 1 aromatic heterocycles. The number of nitrogens with one attached hydrogen (secondary N) is 1. The number of halogens is 1. The maximum absolute atomic E-state index is 12.9. The fraction of sp³-hybridized carbons (Fsp3) is 0.0500. The van der Waals surface area contributed by atoms with Gasteiger partial charge in [-0.05, 0) is 41.5 Å². The van der Waals surface area contributed by atoms with Crippen LogP contribution in [0.2, 0.25) is 0 Å². The second kappa shape index (κ2) is 7.42. The Kier molecular flexibility index (Phi) is 4.87. The van der Waals surface area contributed by atoms with Crippen LogP contribution in [0.5, 0.6) is 0 Å². The first kappa shape index (κ1) is 15.7. The molecule has 3 rings (SSSR count). The van der Waals surface area contributed by atoms with E-state index in [9.17, 15) is 9.18 Å². The first-order chi connectivity index (χ1) is 11.7. The summed E-state index contributed by atoms with van der Waals surface area (Å²) in [7, 11) is 0. The number of hydrogen-bond acceptors (Lipinski definition) is 2. The van der Waals surface area contributed by atoms with Crippen molar-refractivity contribution in [3.8, 4) is 0 Å². The minimum absolute atomic E-state index is 0.260. The van der Waals surface area contributed by atoms with Gasteiger partial charge in [-0.1, -0.05) is 42.5 Å². The average Bonchev–Trinajstić information content (AvgIpc) is 3.14. The van der Waals surface area contributed by atoms with E-state index >= 15 is 0 Å². The average molecular weight is 321 g/mol. The SMILES string of the molecule is O=C(/C=C/c1ccc(F)cc1)NC(c1ccccc1)c1ccco1. The van der Waals surface area contributed by atoms with Gasteiger partial charge in [-0.25, -0.2) is 4.39 Å². The van der Waals surface area contributed by atoms with E-state index in [0.29, 0.717) is 5.76 Å². The number of benzene rings is 2. The summed E-state index contributed by atoms with van der Waals surface area (Å²) < 4.78 is 18.3. The van der Waals surface area contributed by atoms with Crippen molar-refractivity contribution in [1.82, 2.24) is 5.32 Å². The minimum Gasteiger partial charge on any atom is -0.467 e. The Balaban J connectivity index is 1.75. The number of rotatable bonds is 5. The molecule has 0 bridgehead atoms. The smallest absolute Gasteiger partial charge is 0.244 e. The van der Waals surface area contributed by atoms with Gasteiger partial charge in [0.15, 0.2) is 0 Å². The van der Waals surface area contributed by atoms with Crippen molar-refractivity contribution in [2.75, 3.05) is 0 Å². The largest absolute Gasteiger partial charge is 0.467 e. The second-order valence-corrected chi connectivity index (χ2v) is 5.25. The van der Waals surface area contributed by atoms with Gasteiger partial charge in [0.1, 0.15) is 17.6 Å². The molecule has 3 aromatic rings. The van der Waals surface area contributed by atoms with Crippen LogP contribution in [-0.2, 0) is 4.79 Å². The summed E-state index contributed by atoms with van der Waals surface area (Å²) in [4.78, 5) is 12.2. The van der Waals surface area contributed by atoms with Crippen molar-refractivity contribution in [3.05, 3.63) is 102 Å². The predicted molar refractivity (Wildman–Crippen MR) is 90.6 cm³/mol. The van der Waals surface area contributed by atoms with Crippen molar-refractivity contribution in [3.63, 3.8) is 0 Å². The topological polar surface area (TPSA) is 42.2 Å². The fourth-order valence-electron chi connectivity index (χ4n) is 2.36. The summed E-state index contributed by atoms with van der Waals surface area (Å²) >= 11 is 0. The Morgan fingerprint density at radius 2 is 1.75 bits per heavy atom. The number of furan rings is 1. The summed E-state index contributed by atoms with van der Waals surface area (Å²) in [6, 6.07) is 18.8. The van der Waals surface area contributed by atoms with E-state index in [4.69, 9.17) is 4.42 Å². The van der Waals surface area contributed by atoms with E-state index in [1.807, 2.05) is 36.4 Å². The van der Waals surface area contributed by atoms with Gasteiger partial charge in [-0.2, -0.15) is 0 Å². The van der Waals surface area contributed by atoms with Crippen LogP contribution in [-0.4, -0.2) is 5.91 Å². The molecule has 1 amide bonds. The summed E-state index contributed by atoms with van der Waals surface area (Å²) in [5.41, 5.74) is 1.68. The molecule has 3 nitrogen and oxygen atoms in total. The lowest BCUT2D eigenvalue weighted by molar-refractivity contribution is -0.117. The molecule has 1 heterocycles. The van der Waals surface area contributed by atoms with Crippen LogP contribution in [0.1, 0.15) is 22.9 Å². The molecule has 0 saturated heterocycles. The standard InChI is InChI=1S/C20H16FNO2/c21-17-11-8-15(9-12-17)10-13-19(23)22-20(18-7-4-14-24-18)16-5-2-1-3-6-16/h1-14,20H,(H,22,23)/b13-10+. The fourth-order valence-corrected chi connectivity index (χ4v) is 2.36. The van der Waals surface area contributed by atoms with Crippen LogP contribution in [0, 0.1) is 5.82 Å². The van der Waals surface area contributed by atoms with Crippen LogP contribution in [0.4, 0.5) is 4.39 Å². The normalized spacial score (nSPS) is 12.2. The Hall–Kier alpha value is -3.14. The molecule has 0 radical (unpaired) electrons. The van der Waals surface area contributed by atoms with Crippen LogP contribution in [0.15, 0.2) is 83.5 Å². The molecule has 4 heteroatoms. The number of carbonyl (C=O) groups is 1. The number of amides is 1. The summed E-state index contributed by atoms with van der Waals surface area (Å²) in [6.45, 7) is 0. The zero-order valence-corrected chi connectivity index (χ0v) is 12.9. The van der Waals surface area contributed by atoms with Gasteiger partial charge < -0.3 is 9.73 Å². The lowest BCUT2D eigenvalue weighted by atomic mass is 10.0. The third-order valence-corrected chi connectivity index (χ3v) is 3.54. The first-order valence-electron chi connectivity index (χ1n) is 7.55. The molecule has 0 aliphatic carbocycles. The van der Waals surface area contributed by atoms with Gasteiger partial charge in [0.05, 0.1) is 6.26 Å². The van der Waals surface area contributed by atoms with Gasteiger partial charge in [0.25, 0.3) is 0 Å². The highest BCUT2D eigenvalue weighted by molar-refractivity contribution is 5.92. The van der Waals surface area contributed by atoms with Crippen molar-refractivity contribution >= 4 is 12.0 Å². The zero-order valence-electron chi connectivity index (χ0n) is 12.9. The highest BCUT2D eigenvalue weighted by Crippen LogP contribution is 2.22. The third-order valence-electron chi connectivity index (χ3n) is 3.54. The molecular formula is C20H16FNO2. The Labute approximate surface area is 139 Å². The van der Waals surface area contributed by atoms with Gasteiger partial charge in [0.2, 0.25) is 5.91 Å². The van der Waals surface area contributed by atoms with Crippen molar-refractivity contribution in [2.45, 2.75) is 6.04 Å². The molecular weight excluding hydrogens is 305 g/mol. The Bertz CT molecular complexity index is 809. The Morgan fingerprint density at radius 1 is 1.00 bits per heavy atom. The van der Waals surface area contributed by atoms with Crippen molar-refractivity contribution in [1.29, 1.82) is 0 Å². The molecule has 1 N–H and O–H groups in total. The van der Waals surface area contributed by atoms with Gasteiger partial charge in [-0.3, -0.25) is 4.79 Å². The van der Waals surface area contributed by atoms with Gasteiger partial charge in [0, 0.05) is 6.08 Å². The van der Waals surface area contributed by atoms with E-state index in [-0.39, 0.29) is 17.8 Å². The van der Waals surface area contributed by atoms with E-state index in [2.05, 4.69) is 5.32 Å². The van der Waals surface area contributed by atoms with E-state index in [1.165, 1.54) is 18.2 Å². The van der Waals surface area contributed by atoms with E-state index < -0.39 is 0 Å². The minimum atomic E-state index is -0.369. The highest BCUT2D eigenvalue weighted by atomic mass is 19.1. The molecule has 0 fully saturated rings. The maximum Gasteiger partial charge on any atom is 0.244 e. The molecule has 0 aliphatic rings. The molecule has 24 heavy (non-hydrogen) atoms. The van der Waals surface area contributed by atoms with Gasteiger partial charge in [-0.15, -0.1) is 0 Å². The molecule has 0 aliphatic heterocycles. The van der Waals surface area contributed by atoms with E-state index in [0.717, 1.165) is 11.1 Å². The predicted octanol–water partition coefficient (Wildman–Crippen LogP) is 4.34. The monoisotopic (exact) mass is 321 g/mol. The molecule has 0 spiro atoms. The summed E-state index contributed by atoms with van der Waals surface area (Å²) in [5.74, 6) is 0.0906. The highest BCUT2D eigenvalue weighted by Gasteiger charge is 2.17. The Morgan fingerprint density at radius 3 is 2.42 bits per heavy atom. The first-order valence-corrected chi connectivity index (χ1v) is 7.55. The molecule has 1 atom stereocenters. The zero-order chi connectivity index (χ0) is 16.8. The van der Waals surface area contributed by atoms with Crippen LogP contribution >= 0.6 is 0 Å². The quantitative estimate of drug-likeness (QED) is 0.710. The third kappa shape index (κ3) is 3.98. The van der Waals surface area contributed by atoms with Crippen LogP contribution < -0.4 is 5.32 Å². The maximum atomic E-state index is 12.9. The molecule has 1 unspecified atom stereocenters. The lowest BCUT2D eigenvalue weighted by Gasteiger charge is -2.16. The summed E-state index contributed by atoms with van der Waals surface area (Å²) in [6.07, 6.45) is 4.64. The van der Waals surface area contributed by atoms with E-state index in [1.54, 1.807) is 30.5 Å². The van der Waals surface area contributed by atoms with Crippen LogP contribution in [0.3, 0.4) is 0 Å². The number of carbonyl (C=O) groups excluding carboxylic acids is 1. The summed E-state index contributed by atoms with van der Waals surface area (Å²) in [5, 5.41) is 2.92.